The molecule has 2 heterocycles. The van der Waals surface area contributed by atoms with Crippen LogP contribution in [0.4, 0.5) is 0 Å². The van der Waals surface area contributed by atoms with Gasteiger partial charge in [0.2, 0.25) is 0 Å². The highest BCUT2D eigenvalue weighted by molar-refractivity contribution is 6.32. The van der Waals surface area contributed by atoms with Crippen LogP contribution in [0.3, 0.4) is 0 Å². The maximum Gasteiger partial charge on any atom is 0.132 e. The fourth-order valence-electron chi connectivity index (χ4n) is 2.77. The van der Waals surface area contributed by atoms with Gasteiger partial charge in [-0.05, 0) is 49.2 Å². The van der Waals surface area contributed by atoms with Crippen LogP contribution in [0.2, 0.25) is 10.2 Å². The molecule has 0 unspecified atom stereocenters. The molecule has 3 rings (SSSR count). The number of nitrogens with one attached hydrogen (secondary N) is 1. The zero-order chi connectivity index (χ0) is 14.7. The molecular formula is C16H19Cl2N3. The Bertz CT molecular complexity index is 624. The molecule has 2 aromatic rings. The number of rotatable bonds is 4. The van der Waals surface area contributed by atoms with Crippen LogP contribution in [0, 0.1) is 0 Å². The molecule has 112 valence electrons. The molecule has 1 aliphatic heterocycles. The minimum atomic E-state index is 0.616. The van der Waals surface area contributed by atoms with E-state index in [-0.39, 0.29) is 0 Å². The van der Waals surface area contributed by atoms with Crippen molar-refractivity contribution >= 4 is 34.1 Å². The van der Waals surface area contributed by atoms with E-state index in [1.54, 1.807) is 0 Å². The summed E-state index contributed by atoms with van der Waals surface area (Å²) in [4.78, 5) is 6.96. The monoisotopic (exact) mass is 323 g/mol. The number of hydrogen-bond donors (Lipinski definition) is 1. The average molecular weight is 324 g/mol. The third-order valence-corrected chi connectivity index (χ3v) is 4.50. The highest BCUT2D eigenvalue weighted by Gasteiger charge is 2.10. The average Bonchev–Trinajstić information content (AvgIpc) is 2.49. The van der Waals surface area contributed by atoms with E-state index in [0.717, 1.165) is 67.1 Å². The fraction of sp³-hybridized carbons (Fsp3) is 0.438. The number of pyridine rings is 1. The van der Waals surface area contributed by atoms with Crippen LogP contribution in [0.15, 0.2) is 24.3 Å². The molecule has 1 aromatic carbocycles. The van der Waals surface area contributed by atoms with Crippen molar-refractivity contribution in [3.8, 4) is 0 Å². The largest absolute Gasteiger partial charge is 0.314 e. The van der Waals surface area contributed by atoms with Crippen LogP contribution < -0.4 is 5.32 Å². The molecule has 1 aromatic heterocycles. The van der Waals surface area contributed by atoms with Gasteiger partial charge in [0.25, 0.3) is 0 Å². The molecule has 3 nitrogen and oxygen atoms in total. The SMILES string of the molecule is Clc1ccc2nc(Cl)c(CCCN3CCNCC3)cc2c1. The molecular weight excluding hydrogens is 305 g/mol. The predicted octanol–water partition coefficient (Wildman–Crippen LogP) is 3.38. The summed E-state index contributed by atoms with van der Waals surface area (Å²) in [5.74, 6) is 0. The van der Waals surface area contributed by atoms with E-state index in [0.29, 0.717) is 5.15 Å². The van der Waals surface area contributed by atoms with Gasteiger partial charge in [-0.15, -0.1) is 0 Å². The van der Waals surface area contributed by atoms with Crippen molar-refractivity contribution in [2.75, 3.05) is 32.7 Å². The summed E-state index contributed by atoms with van der Waals surface area (Å²) in [6.45, 7) is 5.58. The molecule has 1 fully saturated rings. The molecule has 0 atom stereocenters. The zero-order valence-corrected chi connectivity index (χ0v) is 13.4. The number of hydrogen-bond acceptors (Lipinski definition) is 3. The molecule has 1 aliphatic rings. The summed E-state index contributed by atoms with van der Waals surface area (Å²) in [6.07, 6.45) is 2.06. The Balaban J connectivity index is 1.66. The highest BCUT2D eigenvalue weighted by Crippen LogP contribution is 2.24. The summed E-state index contributed by atoms with van der Waals surface area (Å²) >= 11 is 12.3. The summed E-state index contributed by atoms with van der Waals surface area (Å²) in [6, 6.07) is 7.82. The van der Waals surface area contributed by atoms with Crippen molar-refractivity contribution in [3.63, 3.8) is 0 Å². The predicted molar refractivity (Wildman–Crippen MR) is 89.4 cm³/mol. The number of piperazine rings is 1. The quantitative estimate of drug-likeness (QED) is 0.874. The molecule has 0 bridgehead atoms. The normalized spacial score (nSPS) is 16.5. The Hall–Kier alpha value is -0.870. The Labute approximate surface area is 135 Å². The van der Waals surface area contributed by atoms with E-state index in [4.69, 9.17) is 23.2 Å². The van der Waals surface area contributed by atoms with Gasteiger partial charge >= 0.3 is 0 Å². The molecule has 0 amide bonds. The first-order valence-electron chi connectivity index (χ1n) is 7.40. The second-order valence-electron chi connectivity index (χ2n) is 5.47. The van der Waals surface area contributed by atoms with E-state index in [1.165, 1.54) is 0 Å². The molecule has 0 aliphatic carbocycles. The Kier molecular flexibility index (Phi) is 4.96. The number of aromatic nitrogens is 1. The van der Waals surface area contributed by atoms with Gasteiger partial charge in [0, 0.05) is 36.6 Å². The summed E-state index contributed by atoms with van der Waals surface area (Å²) < 4.78 is 0. The lowest BCUT2D eigenvalue weighted by atomic mass is 10.1. The Morgan fingerprint density at radius 2 is 1.95 bits per heavy atom. The van der Waals surface area contributed by atoms with Crippen LogP contribution >= 0.6 is 23.2 Å². The Morgan fingerprint density at radius 1 is 1.14 bits per heavy atom. The van der Waals surface area contributed by atoms with Gasteiger partial charge in [-0.3, -0.25) is 0 Å². The molecule has 1 N–H and O–H groups in total. The van der Waals surface area contributed by atoms with Crippen molar-refractivity contribution in [2.24, 2.45) is 0 Å². The van der Waals surface area contributed by atoms with Crippen LogP contribution in [0.25, 0.3) is 10.9 Å². The van der Waals surface area contributed by atoms with Gasteiger partial charge in [0.15, 0.2) is 0 Å². The van der Waals surface area contributed by atoms with E-state index < -0.39 is 0 Å². The molecule has 5 heteroatoms. The lowest BCUT2D eigenvalue weighted by Gasteiger charge is -2.27. The van der Waals surface area contributed by atoms with Gasteiger partial charge < -0.3 is 10.2 Å². The van der Waals surface area contributed by atoms with Crippen LogP contribution in [0.5, 0.6) is 0 Å². The number of aryl methyl sites for hydroxylation is 1. The van der Waals surface area contributed by atoms with Crippen LogP contribution in [-0.2, 0) is 6.42 Å². The van der Waals surface area contributed by atoms with E-state index >= 15 is 0 Å². The second-order valence-corrected chi connectivity index (χ2v) is 6.26. The van der Waals surface area contributed by atoms with Gasteiger partial charge in [-0.1, -0.05) is 23.2 Å². The standard InChI is InChI=1S/C16H19Cl2N3/c17-14-3-4-15-13(11-14)10-12(16(18)20-15)2-1-7-21-8-5-19-6-9-21/h3-4,10-11,19H,1-2,5-9H2. The van der Waals surface area contributed by atoms with Gasteiger partial charge in [-0.2, -0.15) is 0 Å². The van der Waals surface area contributed by atoms with Gasteiger partial charge in [-0.25, -0.2) is 4.98 Å². The molecule has 0 spiro atoms. The maximum absolute atomic E-state index is 6.30. The lowest BCUT2D eigenvalue weighted by Crippen LogP contribution is -2.43. The van der Waals surface area contributed by atoms with Crippen molar-refractivity contribution in [3.05, 3.63) is 40.0 Å². The summed E-state index contributed by atoms with van der Waals surface area (Å²) in [5, 5.41) is 5.78. The first-order chi connectivity index (χ1) is 10.2. The maximum atomic E-state index is 6.30. The number of halogens is 2. The minimum absolute atomic E-state index is 0.616. The fourth-order valence-corrected chi connectivity index (χ4v) is 3.19. The number of fused-ring (bicyclic) bond motifs is 1. The van der Waals surface area contributed by atoms with Gasteiger partial charge in [0.05, 0.1) is 5.52 Å². The van der Waals surface area contributed by atoms with Crippen molar-refractivity contribution in [2.45, 2.75) is 12.8 Å². The topological polar surface area (TPSA) is 28.2 Å². The summed E-state index contributed by atoms with van der Waals surface area (Å²) in [5.41, 5.74) is 2.01. The number of nitrogens with zero attached hydrogens (tertiary/aromatic N) is 2. The van der Waals surface area contributed by atoms with E-state index in [2.05, 4.69) is 21.3 Å². The smallest absolute Gasteiger partial charge is 0.132 e. The van der Waals surface area contributed by atoms with Crippen molar-refractivity contribution in [1.29, 1.82) is 0 Å². The highest BCUT2D eigenvalue weighted by atomic mass is 35.5. The second kappa shape index (κ2) is 6.93. The minimum Gasteiger partial charge on any atom is -0.314 e. The molecule has 0 saturated carbocycles. The zero-order valence-electron chi connectivity index (χ0n) is 11.9. The van der Waals surface area contributed by atoms with E-state index in [1.807, 2.05) is 18.2 Å². The first kappa shape index (κ1) is 15.0. The van der Waals surface area contributed by atoms with Gasteiger partial charge in [0.1, 0.15) is 5.15 Å². The third-order valence-electron chi connectivity index (χ3n) is 3.93. The molecule has 1 saturated heterocycles. The first-order valence-corrected chi connectivity index (χ1v) is 8.16. The van der Waals surface area contributed by atoms with Crippen LogP contribution in [-0.4, -0.2) is 42.6 Å². The molecule has 0 radical (unpaired) electrons. The molecule has 21 heavy (non-hydrogen) atoms. The Morgan fingerprint density at radius 3 is 2.76 bits per heavy atom. The number of benzene rings is 1. The van der Waals surface area contributed by atoms with E-state index in [9.17, 15) is 0 Å². The lowest BCUT2D eigenvalue weighted by molar-refractivity contribution is 0.238. The van der Waals surface area contributed by atoms with Crippen molar-refractivity contribution in [1.82, 2.24) is 15.2 Å². The summed E-state index contributed by atoms with van der Waals surface area (Å²) in [7, 11) is 0. The van der Waals surface area contributed by atoms with Crippen LogP contribution in [0.1, 0.15) is 12.0 Å². The van der Waals surface area contributed by atoms with Crippen molar-refractivity contribution < 1.29 is 0 Å². The third kappa shape index (κ3) is 3.86.